The van der Waals surface area contributed by atoms with Crippen molar-refractivity contribution >= 4 is 57.2 Å². The molecule has 226 valence electrons. The first-order chi connectivity index (χ1) is 20.9. The molecule has 2 fully saturated rings. The fraction of sp³-hybridized carbons (Fsp3) is 0.312. The average molecular weight is 599 g/mol. The Kier molecular flexibility index (Phi) is 6.86. The predicted octanol–water partition coefficient (Wildman–Crippen LogP) is 1.66. The fourth-order valence-electron chi connectivity index (χ4n) is 7.29. The van der Waals surface area contributed by atoms with E-state index in [0.717, 1.165) is 10.8 Å². The standard InChI is InChI=1S/C32H30N4O8/c1-36(2)24-18-13-16-12-15-10-11-20(35-31(43)34-19-9-5-7-14-6-3-4-8-17(14)19)25(37)21(15)26(38)22(16)28(40)32(18,44)29(41)23(27(24)39)30(33)42/h3-11,16,18,22-24,37,44H,12-13H2,1-2H3,(H2,33,42)(H2,34,35,43)/t16-,18-,22?,23?,24-,32-/m1/s1. The molecule has 6 N–H and O–H groups in total. The molecule has 0 bridgehead atoms. The summed E-state index contributed by atoms with van der Waals surface area (Å²) in [5.41, 5.74) is 3.18. The highest BCUT2D eigenvalue weighted by molar-refractivity contribution is 6.32. The Labute approximate surface area is 251 Å². The molecule has 0 aromatic heterocycles. The van der Waals surface area contributed by atoms with Gasteiger partial charge in [0, 0.05) is 11.3 Å². The van der Waals surface area contributed by atoms with Crippen molar-refractivity contribution in [1.29, 1.82) is 0 Å². The molecule has 0 saturated heterocycles. The number of Topliss-reactive ketones (excluding diaryl/α,β-unsaturated/α-hetero) is 4. The van der Waals surface area contributed by atoms with Crippen molar-refractivity contribution in [3.8, 4) is 5.75 Å². The number of hydrogen-bond donors (Lipinski definition) is 5. The first-order valence-corrected chi connectivity index (χ1v) is 14.1. The molecule has 3 amide bonds. The Morgan fingerprint density at radius 1 is 0.932 bits per heavy atom. The summed E-state index contributed by atoms with van der Waals surface area (Å²) in [6, 6.07) is 14.0. The van der Waals surface area contributed by atoms with Gasteiger partial charge in [-0.3, -0.25) is 28.9 Å². The van der Waals surface area contributed by atoms with Crippen molar-refractivity contribution < 1.29 is 39.0 Å². The number of ketones is 4. The van der Waals surface area contributed by atoms with Crippen molar-refractivity contribution in [1.82, 2.24) is 4.90 Å². The van der Waals surface area contributed by atoms with Crippen molar-refractivity contribution in [2.45, 2.75) is 24.5 Å². The highest BCUT2D eigenvalue weighted by Crippen LogP contribution is 2.51. The molecule has 2 saturated carbocycles. The Morgan fingerprint density at radius 2 is 1.61 bits per heavy atom. The molecule has 12 nitrogen and oxygen atoms in total. The molecular weight excluding hydrogens is 568 g/mol. The topological polar surface area (TPSA) is 196 Å². The molecule has 3 aromatic carbocycles. The van der Waals surface area contributed by atoms with Gasteiger partial charge in [-0.15, -0.1) is 0 Å². The van der Waals surface area contributed by atoms with E-state index in [1.165, 1.54) is 25.1 Å². The molecule has 6 rings (SSSR count). The Morgan fingerprint density at radius 3 is 2.32 bits per heavy atom. The number of aromatic hydroxyl groups is 1. The summed E-state index contributed by atoms with van der Waals surface area (Å²) in [5, 5.41) is 29.8. The molecule has 0 aliphatic heterocycles. The quantitative estimate of drug-likeness (QED) is 0.219. The molecule has 6 atom stereocenters. The number of phenolic OH excluding ortho intramolecular Hbond substituents is 1. The minimum absolute atomic E-state index is 0.0436. The Balaban J connectivity index is 1.32. The highest BCUT2D eigenvalue weighted by Gasteiger charge is 2.69. The minimum Gasteiger partial charge on any atom is -0.505 e. The van der Waals surface area contributed by atoms with E-state index in [1.807, 2.05) is 30.3 Å². The van der Waals surface area contributed by atoms with E-state index >= 15 is 0 Å². The fourth-order valence-corrected chi connectivity index (χ4v) is 7.29. The van der Waals surface area contributed by atoms with Crippen LogP contribution in [0.2, 0.25) is 0 Å². The van der Waals surface area contributed by atoms with E-state index in [4.69, 9.17) is 5.73 Å². The maximum atomic E-state index is 13.9. The van der Waals surface area contributed by atoms with Crippen LogP contribution in [0, 0.1) is 23.7 Å². The maximum absolute atomic E-state index is 13.9. The van der Waals surface area contributed by atoms with E-state index in [9.17, 15) is 39.0 Å². The summed E-state index contributed by atoms with van der Waals surface area (Å²) in [7, 11) is 3.05. The molecular formula is C32H30N4O8. The molecule has 0 spiro atoms. The van der Waals surface area contributed by atoms with Gasteiger partial charge in [0.15, 0.2) is 34.7 Å². The summed E-state index contributed by atoms with van der Waals surface area (Å²) < 4.78 is 0. The van der Waals surface area contributed by atoms with Crippen LogP contribution < -0.4 is 16.4 Å². The van der Waals surface area contributed by atoms with Crippen LogP contribution in [0.3, 0.4) is 0 Å². The molecule has 3 aliphatic rings. The van der Waals surface area contributed by atoms with Gasteiger partial charge >= 0.3 is 6.03 Å². The number of amides is 3. The number of likely N-dealkylation sites (N-methyl/N-ethyl adjacent to an activating group) is 1. The number of nitrogens with two attached hydrogens (primary N) is 1. The zero-order valence-electron chi connectivity index (χ0n) is 23.9. The minimum atomic E-state index is -2.80. The van der Waals surface area contributed by atoms with Gasteiger partial charge in [0.1, 0.15) is 5.75 Å². The van der Waals surface area contributed by atoms with E-state index in [0.29, 0.717) is 11.3 Å². The molecule has 44 heavy (non-hydrogen) atoms. The highest BCUT2D eigenvalue weighted by atomic mass is 16.3. The van der Waals surface area contributed by atoms with Crippen LogP contribution in [0.15, 0.2) is 54.6 Å². The van der Waals surface area contributed by atoms with E-state index < -0.39 is 76.1 Å². The summed E-state index contributed by atoms with van der Waals surface area (Å²) in [6.07, 6.45) is 0.0833. The number of primary amides is 1. The molecule has 3 aromatic rings. The Bertz CT molecular complexity index is 1800. The lowest BCUT2D eigenvalue weighted by molar-refractivity contribution is -0.181. The van der Waals surface area contributed by atoms with Gasteiger partial charge in [-0.25, -0.2) is 4.79 Å². The summed E-state index contributed by atoms with van der Waals surface area (Å²) in [5.74, 6) is -11.4. The number of urea groups is 1. The summed E-state index contributed by atoms with van der Waals surface area (Å²) in [6.45, 7) is 0. The number of nitrogens with zero attached hydrogens (tertiary/aromatic N) is 1. The largest absolute Gasteiger partial charge is 0.505 e. The lowest BCUT2D eigenvalue weighted by Crippen LogP contribution is -2.74. The molecule has 2 unspecified atom stereocenters. The lowest BCUT2D eigenvalue weighted by Gasteiger charge is -2.52. The molecule has 0 heterocycles. The zero-order chi connectivity index (χ0) is 31.7. The monoisotopic (exact) mass is 598 g/mol. The van der Waals surface area contributed by atoms with Crippen molar-refractivity contribution in [3.05, 3.63) is 65.7 Å². The van der Waals surface area contributed by atoms with Crippen LogP contribution in [0.1, 0.15) is 22.3 Å². The predicted molar refractivity (Wildman–Crippen MR) is 158 cm³/mol. The number of carbonyl (C=O) groups is 6. The van der Waals surface area contributed by atoms with E-state index in [1.54, 1.807) is 18.2 Å². The zero-order valence-corrected chi connectivity index (χ0v) is 23.9. The molecule has 3 aliphatic carbocycles. The third-order valence-corrected chi connectivity index (χ3v) is 9.22. The second-order valence-electron chi connectivity index (χ2n) is 11.9. The third-order valence-electron chi connectivity index (χ3n) is 9.22. The van der Waals surface area contributed by atoms with Crippen LogP contribution in [0.5, 0.6) is 5.75 Å². The molecule has 0 radical (unpaired) electrons. The normalized spacial score (nSPS) is 27.9. The first kappa shape index (κ1) is 29.1. The van der Waals surface area contributed by atoms with Crippen LogP contribution in [-0.2, 0) is 25.6 Å². The van der Waals surface area contributed by atoms with Gasteiger partial charge in [0.2, 0.25) is 5.91 Å². The van der Waals surface area contributed by atoms with Crippen LogP contribution in [0.25, 0.3) is 10.8 Å². The van der Waals surface area contributed by atoms with Crippen LogP contribution in [-0.4, -0.2) is 75.9 Å². The number of nitrogens with one attached hydrogen (secondary N) is 2. The van der Waals surface area contributed by atoms with E-state index in [2.05, 4.69) is 10.6 Å². The number of hydrogen-bond acceptors (Lipinski definition) is 9. The number of phenols is 1. The molecule has 12 heteroatoms. The number of aliphatic hydroxyl groups is 1. The second kappa shape index (κ2) is 10.4. The first-order valence-electron chi connectivity index (χ1n) is 14.1. The summed E-state index contributed by atoms with van der Waals surface area (Å²) in [4.78, 5) is 80.9. The third kappa shape index (κ3) is 4.20. The van der Waals surface area contributed by atoms with Crippen LogP contribution >= 0.6 is 0 Å². The van der Waals surface area contributed by atoms with E-state index in [-0.39, 0.29) is 24.1 Å². The number of fused-ring (bicyclic) bond motifs is 4. The van der Waals surface area contributed by atoms with Gasteiger partial charge in [-0.05, 0) is 55.9 Å². The van der Waals surface area contributed by atoms with Gasteiger partial charge in [-0.2, -0.15) is 0 Å². The number of anilines is 2. The summed E-state index contributed by atoms with van der Waals surface area (Å²) >= 11 is 0. The SMILES string of the molecule is CN(C)[C@H]1C(=O)C(C(N)=O)C(=O)[C@]2(O)C(=O)C3C(=O)c4c(ccc(NC(=O)Nc5cccc6ccccc56)c4O)C[C@@H]3C[C@H]12. The number of benzene rings is 3. The lowest BCUT2D eigenvalue weighted by atomic mass is 9.52. The van der Waals surface area contributed by atoms with Gasteiger partial charge in [0.05, 0.1) is 28.9 Å². The van der Waals surface area contributed by atoms with Gasteiger partial charge in [0.25, 0.3) is 0 Å². The Hall–Kier alpha value is -4.94. The number of rotatable bonds is 4. The van der Waals surface area contributed by atoms with Crippen molar-refractivity contribution in [2.24, 2.45) is 29.4 Å². The average Bonchev–Trinajstić information content (AvgIpc) is 2.96. The van der Waals surface area contributed by atoms with Gasteiger partial charge < -0.3 is 26.6 Å². The second-order valence-corrected chi connectivity index (χ2v) is 11.9. The number of carbonyl (C=O) groups excluding carboxylic acids is 6. The van der Waals surface area contributed by atoms with Crippen molar-refractivity contribution in [3.63, 3.8) is 0 Å². The smallest absolute Gasteiger partial charge is 0.323 e. The maximum Gasteiger partial charge on any atom is 0.323 e. The van der Waals surface area contributed by atoms with Gasteiger partial charge in [-0.1, -0.05) is 42.5 Å². The van der Waals surface area contributed by atoms with Crippen molar-refractivity contribution in [2.75, 3.05) is 24.7 Å². The van der Waals surface area contributed by atoms with Crippen LogP contribution in [0.4, 0.5) is 16.2 Å².